The number of hydrogen-bond donors (Lipinski definition) is 0. The third-order valence-corrected chi connectivity index (χ3v) is 33.3. The van der Waals surface area contributed by atoms with Gasteiger partial charge in [-0.05, 0) is 76.5 Å². The van der Waals surface area contributed by atoms with Gasteiger partial charge in [0, 0.05) is 69.7 Å². The van der Waals surface area contributed by atoms with Crippen molar-refractivity contribution in [1.29, 1.82) is 0 Å². The summed E-state index contributed by atoms with van der Waals surface area (Å²) < 4.78 is 36.8. The standard InChI is InChI=1S/2C28H22NSi.C24H18F2NSi/c1-3-13-24(14-4-1)30(25-15-5-2-6-16-25)27-18-10-8-12-23(27)21-29-26-17-9-7-11-22(26)19-20-28(29)30;1-3-13-25(14-4-1)30(26-15-5-2-6-16-26)27-20-23-12-8-7-11-22(23)19-24(27)21-29-18-10-9-17-28(29)30;25-19-15-18-17-27-14-8-7-13-23(27)28(24(18)22(26)16-19,20-9-3-1-4-10-20)21-11-5-2-6-12-21/h2*1-20H,21H2;1-16H,17H2/q3*+1. The first kappa shape index (κ1) is 54.5. The van der Waals surface area contributed by atoms with Gasteiger partial charge in [-0.25, -0.2) is 17.9 Å². The van der Waals surface area contributed by atoms with Crippen LogP contribution in [0.3, 0.4) is 0 Å². The minimum absolute atomic E-state index is 0.454. The molecule has 0 bridgehead atoms. The fourth-order valence-electron chi connectivity index (χ4n) is 15.0. The maximum atomic E-state index is 15.5. The van der Waals surface area contributed by atoms with Crippen molar-refractivity contribution in [3.63, 3.8) is 0 Å². The molecule has 3 aliphatic heterocycles. The molecule has 3 aromatic heterocycles. The number of halogens is 2. The van der Waals surface area contributed by atoms with E-state index in [1.54, 1.807) is 0 Å². The lowest BCUT2D eigenvalue weighted by molar-refractivity contribution is -0.672. The van der Waals surface area contributed by atoms with Crippen LogP contribution in [0.5, 0.6) is 0 Å². The quantitative estimate of drug-likeness (QED) is 0.120. The molecule has 11 aromatic carbocycles. The second-order valence-electron chi connectivity index (χ2n) is 23.2. The molecule has 0 amide bonds. The van der Waals surface area contributed by atoms with E-state index in [9.17, 15) is 4.39 Å². The molecule has 0 aliphatic carbocycles. The van der Waals surface area contributed by atoms with Crippen molar-refractivity contribution in [2.45, 2.75) is 19.6 Å². The van der Waals surface area contributed by atoms with Gasteiger partial charge in [0.25, 0.3) is 24.2 Å². The van der Waals surface area contributed by atoms with Gasteiger partial charge in [0.05, 0.1) is 0 Å². The molecule has 0 fully saturated rings. The minimum atomic E-state index is -2.92. The van der Waals surface area contributed by atoms with Crippen LogP contribution >= 0.6 is 0 Å². The molecule has 0 atom stereocenters. The van der Waals surface area contributed by atoms with E-state index in [-0.39, 0.29) is 0 Å². The summed E-state index contributed by atoms with van der Waals surface area (Å²) in [6.07, 6.45) is 4.26. The Morgan fingerprint density at radius 1 is 0.273 bits per heavy atom. The first-order chi connectivity index (χ1) is 43.5. The van der Waals surface area contributed by atoms with Crippen LogP contribution in [-0.2, 0) is 19.6 Å². The smallest absolute Gasteiger partial charge is 0.207 e. The Balaban J connectivity index is 0.000000111. The van der Waals surface area contributed by atoms with Gasteiger partial charge in [0.1, 0.15) is 11.6 Å². The van der Waals surface area contributed by atoms with Crippen molar-refractivity contribution in [3.8, 4) is 0 Å². The second-order valence-corrected chi connectivity index (χ2v) is 34.3. The summed E-state index contributed by atoms with van der Waals surface area (Å²) in [6, 6.07) is 116. The highest BCUT2D eigenvalue weighted by molar-refractivity contribution is 7.21. The largest absolute Gasteiger partial charge is 0.263 e. The molecule has 8 heteroatoms. The molecule has 0 saturated carbocycles. The highest BCUT2D eigenvalue weighted by atomic mass is 28.3. The number of para-hydroxylation sites is 1. The predicted octanol–water partition coefficient (Wildman–Crippen LogP) is 7.72. The first-order valence-corrected chi connectivity index (χ1v) is 36.3. The Bertz CT molecular complexity index is 4640. The Labute approximate surface area is 515 Å². The van der Waals surface area contributed by atoms with E-state index in [1.807, 2.05) is 54.7 Å². The van der Waals surface area contributed by atoms with Gasteiger partial charge in [-0.1, -0.05) is 261 Å². The zero-order valence-corrected chi connectivity index (χ0v) is 51.6. The third kappa shape index (κ3) is 8.97. The number of aromatic nitrogens is 3. The summed E-state index contributed by atoms with van der Waals surface area (Å²) in [5, 5.41) is 19.6. The molecule has 0 N–H and O–H groups in total. The SMILES string of the molecule is Fc1cc(F)c2c(c1)C[n+]1ccccc1[Si]2(c1ccccc1)c1ccccc1.c1ccc([Si]2(c3ccccc3)c3cc4ccccc4cc3C[n+]3ccccc32)cc1.c1ccc([Si]2(c3ccccc3)c3ccccc3C[n+]3c2ccc2ccccc23)cc1. The first-order valence-electron chi connectivity index (χ1n) is 30.3. The van der Waals surface area contributed by atoms with Gasteiger partial charge in [0.2, 0.25) is 5.52 Å². The molecule has 17 rings (SSSR count). The minimum Gasteiger partial charge on any atom is -0.207 e. The molecule has 420 valence electrons. The molecule has 0 spiro atoms. The van der Waals surface area contributed by atoms with E-state index in [0.717, 1.165) is 40.4 Å². The maximum absolute atomic E-state index is 15.5. The van der Waals surface area contributed by atoms with Gasteiger partial charge < -0.3 is 0 Å². The van der Waals surface area contributed by atoms with Crippen molar-refractivity contribution in [2.24, 2.45) is 0 Å². The number of hydrogen-bond acceptors (Lipinski definition) is 0. The number of nitrogens with zero attached hydrogens (tertiary/aromatic N) is 3. The van der Waals surface area contributed by atoms with Gasteiger partial charge in [-0.15, -0.1) is 0 Å². The predicted molar refractivity (Wildman–Crippen MR) is 363 cm³/mol. The molecule has 0 unspecified atom stereocenters. The van der Waals surface area contributed by atoms with Crippen LogP contribution in [0, 0.1) is 11.6 Å². The van der Waals surface area contributed by atoms with Crippen molar-refractivity contribution in [1.82, 2.24) is 0 Å². The van der Waals surface area contributed by atoms with Crippen LogP contribution in [0.4, 0.5) is 8.78 Å². The number of fused-ring (bicyclic) bond motifs is 9. The summed E-state index contributed by atoms with van der Waals surface area (Å²) in [5.74, 6) is -0.982. The Morgan fingerprint density at radius 3 is 1.22 bits per heavy atom. The molecule has 0 saturated heterocycles. The van der Waals surface area contributed by atoms with Crippen LogP contribution in [0.2, 0.25) is 0 Å². The number of pyridine rings is 3. The molecule has 6 heterocycles. The summed E-state index contributed by atoms with van der Waals surface area (Å²) in [6.45, 7) is 2.31. The van der Waals surface area contributed by atoms with Gasteiger partial charge in [-0.3, -0.25) is 0 Å². The number of rotatable bonds is 6. The summed E-state index contributed by atoms with van der Waals surface area (Å²) in [5.41, 5.74) is 4.91. The average Bonchev–Trinajstić information content (AvgIpc) is 0.760. The molecule has 88 heavy (non-hydrogen) atoms. The normalized spacial score (nSPS) is 14.2. The van der Waals surface area contributed by atoms with E-state index in [2.05, 4.69) is 287 Å². The van der Waals surface area contributed by atoms with Gasteiger partial charge in [-0.2, -0.15) is 4.57 Å². The Kier molecular flexibility index (Phi) is 14.2. The third-order valence-electron chi connectivity index (χ3n) is 18.5. The Morgan fingerprint density at radius 2 is 0.682 bits per heavy atom. The zero-order chi connectivity index (χ0) is 59.1. The highest BCUT2D eigenvalue weighted by Gasteiger charge is 2.56. The van der Waals surface area contributed by atoms with Crippen molar-refractivity contribution in [3.05, 3.63) is 368 Å². The van der Waals surface area contributed by atoms with Crippen LogP contribution in [0.1, 0.15) is 16.7 Å². The lowest BCUT2D eigenvalue weighted by Crippen LogP contribution is -2.85. The van der Waals surface area contributed by atoms with Crippen LogP contribution in [0.15, 0.2) is 340 Å². The van der Waals surface area contributed by atoms with E-state index in [1.165, 1.54) is 80.6 Å². The zero-order valence-electron chi connectivity index (χ0n) is 48.6. The molecule has 3 aliphatic rings. The fraction of sp³-hybridized carbons (Fsp3) is 0.0375. The van der Waals surface area contributed by atoms with E-state index in [4.69, 9.17) is 0 Å². The molecule has 3 nitrogen and oxygen atoms in total. The fourth-order valence-corrected chi connectivity index (χ4v) is 30.4. The van der Waals surface area contributed by atoms with Gasteiger partial charge >= 0.3 is 0 Å². The van der Waals surface area contributed by atoms with Gasteiger partial charge in [0.15, 0.2) is 48.0 Å². The van der Waals surface area contributed by atoms with Crippen LogP contribution in [0.25, 0.3) is 21.7 Å². The van der Waals surface area contributed by atoms with Crippen molar-refractivity contribution >= 4 is 109 Å². The topological polar surface area (TPSA) is 11.6 Å². The second kappa shape index (κ2) is 23.0. The summed E-state index contributed by atoms with van der Waals surface area (Å²) >= 11 is 0. The Hall–Kier alpha value is -10.1. The van der Waals surface area contributed by atoms with Crippen molar-refractivity contribution < 1.29 is 22.5 Å². The summed E-state index contributed by atoms with van der Waals surface area (Å²) in [4.78, 5) is 0. The van der Waals surface area contributed by atoms with Crippen molar-refractivity contribution in [2.75, 3.05) is 0 Å². The molecular formula is C80H62F2N3Si3+3. The van der Waals surface area contributed by atoms with Crippen LogP contribution in [-0.4, -0.2) is 24.2 Å². The highest BCUT2D eigenvalue weighted by Crippen LogP contribution is 2.23. The lowest BCUT2D eigenvalue weighted by atomic mass is 10.1. The van der Waals surface area contributed by atoms with Crippen LogP contribution < -0.4 is 76.3 Å². The lowest BCUT2D eigenvalue weighted by Gasteiger charge is -2.35. The number of benzene rings is 11. The molecule has 0 radical (unpaired) electrons. The monoisotopic (exact) mass is 1190 g/mol. The molecular weight excluding hydrogens is 1130 g/mol. The van der Waals surface area contributed by atoms with E-state index < -0.39 is 35.9 Å². The maximum Gasteiger partial charge on any atom is 0.263 e. The average molecular weight is 1190 g/mol. The summed E-state index contributed by atoms with van der Waals surface area (Å²) in [7, 11) is -7.78. The van der Waals surface area contributed by atoms with E-state index in [0.29, 0.717) is 11.7 Å². The van der Waals surface area contributed by atoms with E-state index >= 15 is 4.39 Å². The molecule has 14 aromatic rings.